The molecule has 0 unspecified atom stereocenters. The summed E-state index contributed by atoms with van der Waals surface area (Å²) in [4.78, 5) is 20.2. The first-order chi connectivity index (χ1) is 12.6. The zero-order valence-corrected chi connectivity index (χ0v) is 15.0. The molecule has 1 amide bonds. The SMILES string of the molecule is Cc1ccc(-c2cc(C(F)(F)F)n3nc(C(=O)NCC(C)C)nc3n2)cc1. The van der Waals surface area contributed by atoms with E-state index in [1.807, 2.05) is 20.8 Å². The van der Waals surface area contributed by atoms with Crippen molar-refractivity contribution in [3.8, 4) is 11.3 Å². The molecule has 1 N–H and O–H groups in total. The predicted octanol–water partition coefficient (Wildman–Crippen LogP) is 3.50. The molecule has 0 radical (unpaired) electrons. The summed E-state index contributed by atoms with van der Waals surface area (Å²) in [6, 6.07) is 7.83. The number of carbonyl (C=O) groups excluding carboxylic acids is 1. The highest BCUT2D eigenvalue weighted by Crippen LogP contribution is 2.31. The van der Waals surface area contributed by atoms with Crippen molar-refractivity contribution >= 4 is 11.7 Å². The van der Waals surface area contributed by atoms with Crippen LogP contribution in [0, 0.1) is 12.8 Å². The summed E-state index contributed by atoms with van der Waals surface area (Å²) in [5, 5.41) is 6.30. The zero-order valence-electron chi connectivity index (χ0n) is 15.0. The Morgan fingerprint density at radius 3 is 2.44 bits per heavy atom. The van der Waals surface area contributed by atoms with Crippen LogP contribution >= 0.6 is 0 Å². The van der Waals surface area contributed by atoms with Gasteiger partial charge in [-0.2, -0.15) is 22.7 Å². The predicted molar refractivity (Wildman–Crippen MR) is 93.1 cm³/mol. The molecule has 0 fully saturated rings. The summed E-state index contributed by atoms with van der Waals surface area (Å²) in [6.45, 7) is 6.04. The van der Waals surface area contributed by atoms with Crippen LogP contribution in [0.4, 0.5) is 13.2 Å². The fourth-order valence-electron chi connectivity index (χ4n) is 2.41. The van der Waals surface area contributed by atoms with E-state index in [0.29, 0.717) is 16.6 Å². The highest BCUT2D eigenvalue weighted by Gasteiger charge is 2.36. The Morgan fingerprint density at radius 2 is 1.85 bits per heavy atom. The van der Waals surface area contributed by atoms with Gasteiger partial charge in [-0.25, -0.2) is 4.98 Å². The average Bonchev–Trinajstić information content (AvgIpc) is 3.02. The van der Waals surface area contributed by atoms with Gasteiger partial charge in [0.1, 0.15) is 0 Å². The van der Waals surface area contributed by atoms with Crippen molar-refractivity contribution in [3.05, 3.63) is 47.4 Å². The lowest BCUT2D eigenvalue weighted by atomic mass is 10.1. The number of aromatic nitrogens is 4. The molecule has 0 aliphatic carbocycles. The molecule has 2 heterocycles. The number of fused-ring (bicyclic) bond motifs is 1. The monoisotopic (exact) mass is 377 g/mol. The molecular formula is C18H18F3N5O. The number of rotatable bonds is 4. The lowest BCUT2D eigenvalue weighted by Crippen LogP contribution is -2.28. The molecule has 0 atom stereocenters. The molecule has 27 heavy (non-hydrogen) atoms. The Hall–Kier alpha value is -2.97. The van der Waals surface area contributed by atoms with E-state index in [2.05, 4.69) is 20.4 Å². The largest absolute Gasteiger partial charge is 0.433 e. The van der Waals surface area contributed by atoms with Crippen molar-refractivity contribution in [3.63, 3.8) is 0 Å². The van der Waals surface area contributed by atoms with E-state index in [4.69, 9.17) is 0 Å². The second kappa shape index (κ2) is 6.98. The van der Waals surface area contributed by atoms with Crippen LogP contribution in [-0.4, -0.2) is 32.0 Å². The number of nitrogens with zero attached hydrogens (tertiary/aromatic N) is 4. The Labute approximate surface area is 153 Å². The van der Waals surface area contributed by atoms with Crippen LogP contribution in [0.25, 0.3) is 17.0 Å². The molecule has 3 aromatic rings. The van der Waals surface area contributed by atoms with Gasteiger partial charge >= 0.3 is 6.18 Å². The van der Waals surface area contributed by atoms with Crippen LogP contribution in [0.15, 0.2) is 30.3 Å². The van der Waals surface area contributed by atoms with Crippen molar-refractivity contribution in [1.82, 2.24) is 24.9 Å². The van der Waals surface area contributed by atoms with Gasteiger partial charge < -0.3 is 5.32 Å². The summed E-state index contributed by atoms with van der Waals surface area (Å²) < 4.78 is 41.1. The fraction of sp³-hybridized carbons (Fsp3) is 0.333. The Kier molecular flexibility index (Phi) is 4.86. The van der Waals surface area contributed by atoms with E-state index in [1.54, 1.807) is 24.3 Å². The van der Waals surface area contributed by atoms with Crippen molar-refractivity contribution < 1.29 is 18.0 Å². The minimum Gasteiger partial charge on any atom is -0.349 e. The van der Waals surface area contributed by atoms with E-state index in [0.717, 1.165) is 11.6 Å². The van der Waals surface area contributed by atoms with Crippen LogP contribution in [0.5, 0.6) is 0 Å². The van der Waals surface area contributed by atoms with Crippen LogP contribution in [0.1, 0.15) is 35.7 Å². The molecule has 0 aliphatic heterocycles. The second-order valence-electron chi connectivity index (χ2n) is 6.64. The molecule has 0 saturated carbocycles. The molecule has 2 aromatic heterocycles. The highest BCUT2D eigenvalue weighted by atomic mass is 19.4. The van der Waals surface area contributed by atoms with Gasteiger partial charge in [-0.3, -0.25) is 4.79 Å². The summed E-state index contributed by atoms with van der Waals surface area (Å²) >= 11 is 0. The molecule has 1 aromatic carbocycles. The third kappa shape index (κ3) is 4.07. The smallest absolute Gasteiger partial charge is 0.349 e. The van der Waals surface area contributed by atoms with Crippen LogP contribution < -0.4 is 5.32 Å². The lowest BCUT2D eigenvalue weighted by molar-refractivity contribution is -0.142. The van der Waals surface area contributed by atoms with Crippen LogP contribution in [0.3, 0.4) is 0 Å². The first kappa shape index (κ1) is 18.8. The van der Waals surface area contributed by atoms with Crippen LogP contribution in [0.2, 0.25) is 0 Å². The number of hydrogen-bond donors (Lipinski definition) is 1. The summed E-state index contributed by atoms with van der Waals surface area (Å²) in [6.07, 6.45) is -4.68. The third-order valence-corrected chi connectivity index (χ3v) is 3.82. The average molecular weight is 377 g/mol. The Bertz CT molecular complexity index is 977. The molecule has 0 spiro atoms. The minimum absolute atomic E-state index is 0.108. The Balaban J connectivity index is 2.10. The molecule has 0 aliphatic rings. The summed E-state index contributed by atoms with van der Waals surface area (Å²) in [5.41, 5.74) is 0.555. The first-order valence-corrected chi connectivity index (χ1v) is 8.35. The summed E-state index contributed by atoms with van der Waals surface area (Å²) in [5.74, 6) is -1.09. The molecule has 9 heteroatoms. The molecule has 6 nitrogen and oxygen atoms in total. The zero-order chi connectivity index (χ0) is 19.8. The number of amides is 1. The highest BCUT2D eigenvalue weighted by molar-refractivity contribution is 5.90. The molecule has 0 saturated heterocycles. The number of benzene rings is 1. The number of halogens is 3. The van der Waals surface area contributed by atoms with Gasteiger partial charge in [0.25, 0.3) is 11.7 Å². The fourth-order valence-corrected chi connectivity index (χ4v) is 2.41. The van der Waals surface area contributed by atoms with Gasteiger partial charge in [0.2, 0.25) is 5.82 Å². The normalized spacial score (nSPS) is 12.0. The van der Waals surface area contributed by atoms with E-state index in [-0.39, 0.29) is 23.2 Å². The number of aryl methyl sites for hydroxylation is 1. The van der Waals surface area contributed by atoms with E-state index in [1.165, 1.54) is 0 Å². The quantitative estimate of drug-likeness (QED) is 0.755. The van der Waals surface area contributed by atoms with E-state index < -0.39 is 17.8 Å². The van der Waals surface area contributed by atoms with E-state index >= 15 is 0 Å². The van der Waals surface area contributed by atoms with Gasteiger partial charge in [0.15, 0.2) is 5.69 Å². The number of carbonyl (C=O) groups is 1. The molecule has 3 rings (SSSR count). The number of alkyl halides is 3. The number of nitrogens with one attached hydrogen (secondary N) is 1. The standard InChI is InChI=1S/C18H18F3N5O/c1-10(2)9-22-16(27)15-24-17-23-13(12-6-4-11(3)5-7-12)8-14(18(19,20)21)26(17)25-15/h4-8,10H,9H2,1-3H3,(H,22,27). The van der Waals surface area contributed by atoms with Gasteiger partial charge in [-0.15, -0.1) is 5.10 Å². The van der Waals surface area contributed by atoms with Gasteiger partial charge in [0.05, 0.1) is 5.69 Å². The summed E-state index contributed by atoms with van der Waals surface area (Å²) in [7, 11) is 0. The van der Waals surface area contributed by atoms with E-state index in [9.17, 15) is 18.0 Å². The molecule has 0 bridgehead atoms. The minimum atomic E-state index is -4.68. The van der Waals surface area contributed by atoms with Gasteiger partial charge in [-0.05, 0) is 18.9 Å². The maximum atomic E-state index is 13.5. The Morgan fingerprint density at radius 1 is 1.19 bits per heavy atom. The molecule has 142 valence electrons. The van der Waals surface area contributed by atoms with Crippen molar-refractivity contribution in [2.24, 2.45) is 5.92 Å². The van der Waals surface area contributed by atoms with Gasteiger partial charge in [0, 0.05) is 12.1 Å². The first-order valence-electron chi connectivity index (χ1n) is 8.35. The van der Waals surface area contributed by atoms with Crippen molar-refractivity contribution in [2.45, 2.75) is 26.9 Å². The molecular weight excluding hydrogens is 359 g/mol. The van der Waals surface area contributed by atoms with Crippen molar-refractivity contribution in [2.75, 3.05) is 6.54 Å². The van der Waals surface area contributed by atoms with Gasteiger partial charge in [-0.1, -0.05) is 43.7 Å². The maximum Gasteiger partial charge on any atom is 0.433 e. The topological polar surface area (TPSA) is 72.2 Å². The third-order valence-electron chi connectivity index (χ3n) is 3.82. The maximum absolute atomic E-state index is 13.5. The second-order valence-corrected chi connectivity index (χ2v) is 6.64. The number of hydrogen-bond acceptors (Lipinski definition) is 4. The lowest BCUT2D eigenvalue weighted by Gasteiger charge is -2.10. The van der Waals surface area contributed by atoms with Crippen molar-refractivity contribution in [1.29, 1.82) is 0 Å². The van der Waals surface area contributed by atoms with Crippen LogP contribution in [-0.2, 0) is 6.18 Å².